The van der Waals surface area contributed by atoms with Crippen LogP contribution in [0.25, 0.3) is 5.76 Å². The largest absolute Gasteiger partial charge is 0.507 e. The highest BCUT2D eigenvalue weighted by atomic mass is 35.5. The van der Waals surface area contributed by atoms with Gasteiger partial charge in [0.2, 0.25) is 0 Å². The summed E-state index contributed by atoms with van der Waals surface area (Å²) in [6.45, 7) is 8.21. The Morgan fingerprint density at radius 2 is 1.53 bits per heavy atom. The van der Waals surface area contributed by atoms with Gasteiger partial charge in [-0.1, -0.05) is 74.3 Å². The molecule has 1 unspecified atom stereocenters. The average Bonchev–Trinajstić information content (AvgIpc) is 3.06. The fraction of sp³-hybridized carbons (Fsp3) is 0.214. The molecule has 0 spiro atoms. The van der Waals surface area contributed by atoms with Crippen molar-refractivity contribution in [2.24, 2.45) is 0 Å². The second kappa shape index (κ2) is 8.94. The summed E-state index contributed by atoms with van der Waals surface area (Å²) in [7, 11) is 0. The van der Waals surface area contributed by atoms with Gasteiger partial charge >= 0.3 is 0 Å². The quantitative estimate of drug-likeness (QED) is 0.238. The normalized spacial score (nSPS) is 17.9. The van der Waals surface area contributed by atoms with Crippen molar-refractivity contribution in [3.05, 3.63) is 105 Å². The Balaban J connectivity index is 1.93. The van der Waals surface area contributed by atoms with E-state index in [-0.39, 0.29) is 16.7 Å². The first-order chi connectivity index (χ1) is 16.0. The number of carbonyl (C=O) groups is 2. The van der Waals surface area contributed by atoms with Crippen molar-refractivity contribution in [3.8, 4) is 0 Å². The second-order valence-corrected chi connectivity index (χ2v) is 10.3. The van der Waals surface area contributed by atoms with E-state index in [1.807, 2.05) is 31.2 Å². The first kappa shape index (κ1) is 24.1. The van der Waals surface area contributed by atoms with Crippen molar-refractivity contribution >= 4 is 46.3 Å². The number of rotatable bonds is 3. The number of aliphatic hydroxyl groups excluding tert-OH is 1. The van der Waals surface area contributed by atoms with Gasteiger partial charge in [-0.05, 0) is 65.4 Å². The predicted molar refractivity (Wildman–Crippen MR) is 138 cm³/mol. The Bertz CT molecular complexity index is 1300. The highest BCUT2D eigenvalue weighted by Gasteiger charge is 2.47. The molecule has 1 fully saturated rings. The molecule has 1 N–H and O–H groups in total. The molecule has 174 valence electrons. The van der Waals surface area contributed by atoms with E-state index in [2.05, 4.69) is 20.8 Å². The van der Waals surface area contributed by atoms with E-state index in [0.29, 0.717) is 26.9 Å². The standard InChI is InChI=1S/C28H25Cl2NO3/c1-16-5-14-21(15-22(16)30)31-24(17-6-10-19(11-7-17)28(2,3)4)23(26(33)27(31)34)25(32)18-8-12-20(29)13-9-18/h5-15,24,32H,1-4H3/b25-23+. The second-order valence-electron chi connectivity index (χ2n) is 9.48. The van der Waals surface area contributed by atoms with E-state index in [1.54, 1.807) is 42.5 Å². The average molecular weight is 494 g/mol. The molecule has 1 heterocycles. The third-order valence-electron chi connectivity index (χ3n) is 6.09. The molecule has 34 heavy (non-hydrogen) atoms. The van der Waals surface area contributed by atoms with Crippen LogP contribution < -0.4 is 4.90 Å². The van der Waals surface area contributed by atoms with Crippen LogP contribution in [0.4, 0.5) is 5.69 Å². The zero-order chi connectivity index (χ0) is 24.8. The lowest BCUT2D eigenvalue weighted by atomic mass is 9.85. The number of hydrogen-bond donors (Lipinski definition) is 1. The van der Waals surface area contributed by atoms with Crippen LogP contribution in [0.1, 0.15) is 49.1 Å². The third-order valence-corrected chi connectivity index (χ3v) is 6.75. The van der Waals surface area contributed by atoms with Crippen LogP contribution in [-0.4, -0.2) is 16.8 Å². The summed E-state index contributed by atoms with van der Waals surface area (Å²) in [5.74, 6) is -1.73. The number of amides is 1. The first-order valence-electron chi connectivity index (χ1n) is 10.9. The van der Waals surface area contributed by atoms with Crippen LogP contribution in [0.2, 0.25) is 10.0 Å². The maximum Gasteiger partial charge on any atom is 0.300 e. The molecule has 0 aliphatic carbocycles. The number of hydrogen-bond acceptors (Lipinski definition) is 3. The summed E-state index contributed by atoms with van der Waals surface area (Å²) in [6.07, 6.45) is 0. The molecule has 1 amide bonds. The number of aryl methyl sites for hydroxylation is 1. The van der Waals surface area contributed by atoms with Gasteiger partial charge in [-0.3, -0.25) is 14.5 Å². The van der Waals surface area contributed by atoms with Crippen molar-refractivity contribution < 1.29 is 14.7 Å². The molecule has 3 aromatic carbocycles. The van der Waals surface area contributed by atoms with Gasteiger partial charge in [-0.25, -0.2) is 0 Å². The SMILES string of the molecule is Cc1ccc(N2C(=O)C(=O)/C(=C(/O)c3ccc(Cl)cc3)C2c2ccc(C(C)(C)C)cc2)cc1Cl. The molecule has 0 radical (unpaired) electrons. The van der Waals surface area contributed by atoms with Gasteiger partial charge < -0.3 is 5.11 Å². The number of nitrogens with zero attached hydrogens (tertiary/aromatic N) is 1. The molecule has 3 aromatic rings. The van der Waals surface area contributed by atoms with E-state index in [4.69, 9.17) is 23.2 Å². The summed E-state index contributed by atoms with van der Waals surface area (Å²) < 4.78 is 0. The lowest BCUT2D eigenvalue weighted by Crippen LogP contribution is -2.29. The summed E-state index contributed by atoms with van der Waals surface area (Å²) >= 11 is 12.3. The van der Waals surface area contributed by atoms with Crippen LogP contribution in [0.15, 0.2) is 72.3 Å². The van der Waals surface area contributed by atoms with Gasteiger partial charge in [0.25, 0.3) is 11.7 Å². The predicted octanol–water partition coefficient (Wildman–Crippen LogP) is 7.23. The Hall–Kier alpha value is -3.08. The monoisotopic (exact) mass is 493 g/mol. The smallest absolute Gasteiger partial charge is 0.300 e. The van der Waals surface area contributed by atoms with Gasteiger partial charge in [-0.15, -0.1) is 0 Å². The lowest BCUT2D eigenvalue weighted by Gasteiger charge is -2.27. The van der Waals surface area contributed by atoms with Crippen molar-refractivity contribution in [3.63, 3.8) is 0 Å². The number of ketones is 1. The molecule has 0 bridgehead atoms. The summed E-state index contributed by atoms with van der Waals surface area (Å²) in [5, 5.41) is 12.2. The fourth-order valence-electron chi connectivity index (χ4n) is 4.07. The van der Waals surface area contributed by atoms with Gasteiger partial charge in [0.15, 0.2) is 0 Å². The van der Waals surface area contributed by atoms with Gasteiger partial charge in [0.1, 0.15) is 5.76 Å². The molecule has 1 saturated heterocycles. The Kier molecular flexibility index (Phi) is 6.32. The van der Waals surface area contributed by atoms with Crippen LogP contribution in [0.5, 0.6) is 0 Å². The molecule has 0 aromatic heterocycles. The van der Waals surface area contributed by atoms with Crippen molar-refractivity contribution in [1.82, 2.24) is 0 Å². The number of aliphatic hydroxyl groups is 1. The molecular formula is C28H25Cl2NO3. The van der Waals surface area contributed by atoms with E-state index in [1.165, 1.54) is 4.90 Å². The fourth-order valence-corrected chi connectivity index (χ4v) is 4.38. The summed E-state index contributed by atoms with van der Waals surface area (Å²) in [5.41, 5.74) is 3.53. The molecular weight excluding hydrogens is 469 g/mol. The topological polar surface area (TPSA) is 57.6 Å². The van der Waals surface area contributed by atoms with Gasteiger partial charge in [0.05, 0.1) is 11.6 Å². The molecule has 4 nitrogen and oxygen atoms in total. The number of anilines is 1. The molecule has 1 atom stereocenters. The van der Waals surface area contributed by atoms with Gasteiger partial charge in [-0.2, -0.15) is 0 Å². The third kappa shape index (κ3) is 4.36. The van der Waals surface area contributed by atoms with Gasteiger partial charge in [0, 0.05) is 21.3 Å². The van der Waals surface area contributed by atoms with Crippen LogP contribution >= 0.6 is 23.2 Å². The lowest BCUT2D eigenvalue weighted by molar-refractivity contribution is -0.132. The zero-order valence-corrected chi connectivity index (χ0v) is 20.9. The minimum Gasteiger partial charge on any atom is -0.507 e. The van der Waals surface area contributed by atoms with Crippen LogP contribution in [0.3, 0.4) is 0 Å². The summed E-state index contributed by atoms with van der Waals surface area (Å²) in [4.78, 5) is 27.9. The molecule has 6 heteroatoms. The Morgan fingerprint density at radius 1 is 0.912 bits per heavy atom. The molecule has 1 aliphatic heterocycles. The number of carbonyl (C=O) groups excluding carboxylic acids is 2. The summed E-state index contributed by atoms with van der Waals surface area (Å²) in [6, 6.07) is 18.7. The van der Waals surface area contributed by atoms with Crippen LogP contribution in [-0.2, 0) is 15.0 Å². The Labute approximate surface area is 209 Å². The van der Waals surface area contributed by atoms with E-state index in [0.717, 1.165) is 11.1 Å². The van der Waals surface area contributed by atoms with E-state index >= 15 is 0 Å². The maximum atomic E-state index is 13.3. The molecule has 1 aliphatic rings. The number of halogens is 2. The van der Waals surface area contributed by atoms with Crippen LogP contribution in [0, 0.1) is 6.92 Å². The highest BCUT2D eigenvalue weighted by Crippen LogP contribution is 2.43. The van der Waals surface area contributed by atoms with E-state index < -0.39 is 17.7 Å². The maximum absolute atomic E-state index is 13.3. The minimum atomic E-state index is -0.816. The van der Waals surface area contributed by atoms with Crippen molar-refractivity contribution in [1.29, 1.82) is 0 Å². The number of Topliss-reactive ketones (excluding diaryl/α,β-unsaturated/α-hetero) is 1. The highest BCUT2D eigenvalue weighted by molar-refractivity contribution is 6.51. The van der Waals surface area contributed by atoms with Crippen molar-refractivity contribution in [2.75, 3.05) is 4.90 Å². The Morgan fingerprint density at radius 3 is 2.09 bits per heavy atom. The first-order valence-corrected chi connectivity index (χ1v) is 11.7. The molecule has 0 saturated carbocycles. The minimum absolute atomic E-state index is 0.0209. The number of benzene rings is 3. The van der Waals surface area contributed by atoms with Crippen molar-refractivity contribution in [2.45, 2.75) is 39.2 Å². The van der Waals surface area contributed by atoms with E-state index in [9.17, 15) is 14.7 Å². The zero-order valence-electron chi connectivity index (χ0n) is 19.4. The molecule has 4 rings (SSSR count).